The number of fused-ring (bicyclic) bond motifs is 6. The van der Waals surface area contributed by atoms with Gasteiger partial charge in [0.15, 0.2) is 7.14 Å². The molecule has 7 aromatic rings. The third-order valence-electron chi connectivity index (χ3n) is 7.42. The molecule has 38 heavy (non-hydrogen) atoms. The monoisotopic (exact) mass is 514 g/mol. The summed E-state index contributed by atoms with van der Waals surface area (Å²) in [6.45, 7) is 0. The van der Waals surface area contributed by atoms with Gasteiger partial charge in [-0.05, 0) is 73.4 Å². The van der Waals surface area contributed by atoms with Crippen LogP contribution in [0.1, 0.15) is 0 Å². The molecule has 182 valence electrons. The number of hydrogen-bond acceptors (Lipinski definition) is 1. The fourth-order valence-electron chi connectivity index (χ4n) is 5.71. The van der Waals surface area contributed by atoms with Gasteiger partial charge in [-0.25, -0.2) is 8.78 Å². The van der Waals surface area contributed by atoms with E-state index >= 15 is 8.96 Å². The average molecular weight is 515 g/mol. The van der Waals surface area contributed by atoms with E-state index in [-0.39, 0.29) is 5.30 Å². The van der Waals surface area contributed by atoms with E-state index < -0.39 is 18.8 Å². The van der Waals surface area contributed by atoms with E-state index in [0.29, 0.717) is 10.6 Å². The largest absolute Gasteiger partial charge is 0.308 e. The maximum atomic E-state index is 15.9. The van der Waals surface area contributed by atoms with Crippen LogP contribution in [0.3, 0.4) is 0 Å². The summed E-state index contributed by atoms with van der Waals surface area (Å²) in [5, 5.41) is 8.04. The fraction of sp³-hybridized carbons (Fsp3) is 0. The zero-order chi connectivity index (χ0) is 25.9. The SMILES string of the molecule is O=P(c1cc(F)ccc1F)(c1cc2ccccc2c2ccccc12)c1cc2ccccc2c2ccccc12. The second-order valence-corrected chi connectivity index (χ2v) is 12.2. The third kappa shape index (κ3) is 3.32. The first-order chi connectivity index (χ1) is 18.6. The van der Waals surface area contributed by atoms with Gasteiger partial charge in [0.25, 0.3) is 0 Å². The van der Waals surface area contributed by atoms with Gasteiger partial charge in [0.1, 0.15) is 11.6 Å². The maximum absolute atomic E-state index is 15.9. The number of rotatable bonds is 3. The summed E-state index contributed by atoms with van der Waals surface area (Å²) in [5.74, 6) is -1.32. The number of halogens is 2. The lowest BCUT2D eigenvalue weighted by atomic mass is 10.0. The molecular weight excluding hydrogens is 493 g/mol. The van der Waals surface area contributed by atoms with Crippen LogP contribution < -0.4 is 15.9 Å². The molecule has 0 saturated heterocycles. The van der Waals surface area contributed by atoms with Gasteiger partial charge in [-0.3, -0.25) is 0 Å². The normalized spacial score (nSPS) is 12.1. The van der Waals surface area contributed by atoms with Gasteiger partial charge >= 0.3 is 0 Å². The summed E-state index contributed by atoms with van der Waals surface area (Å²) < 4.78 is 46.4. The lowest BCUT2D eigenvalue weighted by Crippen LogP contribution is -2.28. The van der Waals surface area contributed by atoms with Crippen molar-refractivity contribution >= 4 is 66.1 Å². The molecule has 0 radical (unpaired) electrons. The number of benzene rings is 7. The minimum absolute atomic E-state index is 0.127. The predicted octanol–water partition coefficient (Wildman–Crippen LogP) is 8.22. The Hall–Kier alpha value is -4.33. The molecule has 0 unspecified atom stereocenters. The molecular formula is C34H21F2OP. The van der Waals surface area contributed by atoms with Gasteiger partial charge < -0.3 is 4.57 Å². The van der Waals surface area contributed by atoms with E-state index in [4.69, 9.17) is 0 Å². The average Bonchev–Trinajstić information content (AvgIpc) is 2.97. The van der Waals surface area contributed by atoms with Crippen molar-refractivity contribution in [1.82, 2.24) is 0 Å². The third-order valence-corrected chi connectivity index (χ3v) is 10.5. The molecule has 0 aliphatic rings. The molecule has 0 saturated carbocycles. The maximum Gasteiger partial charge on any atom is 0.175 e. The summed E-state index contributed by atoms with van der Waals surface area (Å²) in [4.78, 5) is 0. The second-order valence-electron chi connectivity index (χ2n) is 9.53. The molecule has 4 heteroatoms. The first-order valence-corrected chi connectivity index (χ1v) is 14.1. The molecule has 0 N–H and O–H groups in total. The van der Waals surface area contributed by atoms with Gasteiger partial charge in [-0.1, -0.05) is 97.1 Å². The zero-order valence-electron chi connectivity index (χ0n) is 20.2. The van der Waals surface area contributed by atoms with Crippen molar-refractivity contribution in [2.45, 2.75) is 0 Å². The van der Waals surface area contributed by atoms with Crippen LogP contribution in [0.15, 0.2) is 127 Å². The first kappa shape index (κ1) is 22.8. The molecule has 0 amide bonds. The molecule has 0 spiro atoms. The summed E-state index contributed by atoms with van der Waals surface area (Å²) in [7, 11) is -3.96. The van der Waals surface area contributed by atoms with E-state index in [1.165, 1.54) is 0 Å². The Bertz CT molecular complexity index is 1970. The van der Waals surface area contributed by atoms with Gasteiger partial charge in [-0.2, -0.15) is 0 Å². The van der Waals surface area contributed by atoms with Crippen LogP contribution in [0, 0.1) is 11.6 Å². The Kier molecular flexibility index (Phi) is 5.18. The van der Waals surface area contributed by atoms with Crippen molar-refractivity contribution < 1.29 is 13.3 Å². The summed E-state index contributed by atoms with van der Waals surface area (Å²) in [6, 6.07) is 38.3. The van der Waals surface area contributed by atoms with E-state index in [2.05, 4.69) is 0 Å². The number of hydrogen-bond donors (Lipinski definition) is 0. The Morgan fingerprint density at radius 1 is 0.421 bits per heavy atom. The lowest BCUT2D eigenvalue weighted by Gasteiger charge is -2.25. The van der Waals surface area contributed by atoms with Crippen LogP contribution in [-0.4, -0.2) is 0 Å². The second kappa shape index (κ2) is 8.62. The van der Waals surface area contributed by atoms with E-state index in [0.717, 1.165) is 61.3 Å². The van der Waals surface area contributed by atoms with Gasteiger partial charge in [0.05, 0.1) is 5.30 Å². The first-order valence-electron chi connectivity index (χ1n) is 12.4. The van der Waals surface area contributed by atoms with Crippen molar-refractivity contribution in [3.63, 3.8) is 0 Å². The lowest BCUT2D eigenvalue weighted by molar-refractivity contribution is 0.585. The van der Waals surface area contributed by atoms with Crippen molar-refractivity contribution in [3.05, 3.63) is 139 Å². The highest BCUT2D eigenvalue weighted by Gasteiger charge is 2.36. The highest BCUT2D eigenvalue weighted by Crippen LogP contribution is 2.49. The van der Waals surface area contributed by atoms with E-state index in [9.17, 15) is 4.39 Å². The zero-order valence-corrected chi connectivity index (χ0v) is 21.1. The quantitative estimate of drug-likeness (QED) is 0.172. The Morgan fingerprint density at radius 2 is 0.842 bits per heavy atom. The minimum Gasteiger partial charge on any atom is -0.308 e. The van der Waals surface area contributed by atoms with Gasteiger partial charge in [-0.15, -0.1) is 0 Å². The van der Waals surface area contributed by atoms with Crippen molar-refractivity contribution in [3.8, 4) is 0 Å². The summed E-state index contributed by atoms with van der Waals surface area (Å²) >= 11 is 0. The summed E-state index contributed by atoms with van der Waals surface area (Å²) in [6.07, 6.45) is 0. The van der Waals surface area contributed by atoms with Gasteiger partial charge in [0.2, 0.25) is 0 Å². The molecule has 0 aliphatic heterocycles. The van der Waals surface area contributed by atoms with Crippen molar-refractivity contribution in [1.29, 1.82) is 0 Å². The molecule has 0 aromatic heterocycles. The Balaban J connectivity index is 1.73. The van der Waals surface area contributed by atoms with Crippen LogP contribution in [0.25, 0.3) is 43.1 Å². The van der Waals surface area contributed by atoms with Crippen molar-refractivity contribution in [2.24, 2.45) is 0 Å². The fourth-order valence-corrected chi connectivity index (χ4v) is 8.88. The molecule has 1 nitrogen and oxygen atoms in total. The molecule has 0 heterocycles. The molecule has 0 fully saturated rings. The van der Waals surface area contributed by atoms with Crippen LogP contribution >= 0.6 is 7.14 Å². The van der Waals surface area contributed by atoms with Crippen LogP contribution in [-0.2, 0) is 4.57 Å². The molecule has 7 aromatic carbocycles. The molecule has 0 atom stereocenters. The molecule has 7 rings (SSSR count). The van der Waals surface area contributed by atoms with Gasteiger partial charge in [0, 0.05) is 10.6 Å². The molecule has 0 bridgehead atoms. The van der Waals surface area contributed by atoms with E-state index in [1.54, 1.807) is 0 Å². The van der Waals surface area contributed by atoms with Crippen molar-refractivity contribution in [2.75, 3.05) is 0 Å². The smallest absolute Gasteiger partial charge is 0.175 e. The van der Waals surface area contributed by atoms with Crippen LogP contribution in [0.5, 0.6) is 0 Å². The standard InChI is InChI=1S/C34H21F2OP/c35-24-17-18-31(36)34(21-24)38(37,32-19-22-9-1-3-11-25(22)27-13-5-7-15-29(27)32)33-20-23-10-2-4-12-26(23)28-14-6-8-16-30(28)33/h1-21H. The molecule has 0 aliphatic carbocycles. The van der Waals surface area contributed by atoms with Crippen LogP contribution in [0.2, 0.25) is 0 Å². The highest BCUT2D eigenvalue weighted by molar-refractivity contribution is 7.86. The minimum atomic E-state index is -3.96. The van der Waals surface area contributed by atoms with E-state index in [1.807, 2.05) is 109 Å². The summed E-state index contributed by atoms with van der Waals surface area (Å²) in [5.41, 5.74) is 0. The highest BCUT2D eigenvalue weighted by atomic mass is 31.2. The topological polar surface area (TPSA) is 17.1 Å². The Labute approximate surface area is 218 Å². The van der Waals surface area contributed by atoms with Crippen LogP contribution in [0.4, 0.5) is 8.78 Å². The Morgan fingerprint density at radius 3 is 1.34 bits per heavy atom. The predicted molar refractivity (Wildman–Crippen MR) is 156 cm³/mol.